The second kappa shape index (κ2) is 7.81. The number of anilines is 1. The van der Waals surface area contributed by atoms with Gasteiger partial charge in [-0.05, 0) is 43.0 Å². The molecule has 22 heavy (non-hydrogen) atoms. The summed E-state index contributed by atoms with van der Waals surface area (Å²) in [6, 6.07) is 8.99. The number of urea groups is 1. The number of nitrogens with zero attached hydrogens (tertiary/aromatic N) is 2. The zero-order valence-electron chi connectivity index (χ0n) is 13.3. The Balaban J connectivity index is 1.75. The van der Waals surface area contributed by atoms with Gasteiger partial charge in [0, 0.05) is 31.4 Å². The van der Waals surface area contributed by atoms with Crippen LogP contribution in [-0.4, -0.2) is 36.6 Å². The molecular formula is C17H24N4O. The second-order valence-electron chi connectivity index (χ2n) is 6.26. The number of amides is 2. The SMILES string of the molecule is CC(C)CN1CCC(NC(=O)Nc2ccc(C#N)cc2)CC1. The van der Waals surface area contributed by atoms with Crippen LogP contribution in [0.15, 0.2) is 24.3 Å². The standard InChI is InChI=1S/C17H24N4O/c1-13(2)12-21-9-7-16(8-10-21)20-17(22)19-15-5-3-14(11-18)4-6-15/h3-6,13,16H,7-10,12H2,1-2H3,(H2,19,20,22). The predicted octanol–water partition coefficient (Wildman–Crippen LogP) is 2.80. The van der Waals surface area contributed by atoms with Crippen LogP contribution < -0.4 is 10.6 Å². The van der Waals surface area contributed by atoms with Gasteiger partial charge >= 0.3 is 6.03 Å². The summed E-state index contributed by atoms with van der Waals surface area (Å²) in [4.78, 5) is 14.5. The molecule has 0 saturated carbocycles. The molecule has 0 spiro atoms. The molecule has 118 valence electrons. The highest BCUT2D eigenvalue weighted by Gasteiger charge is 2.20. The molecule has 1 aromatic rings. The molecule has 1 aliphatic rings. The number of nitrogens with one attached hydrogen (secondary N) is 2. The third-order valence-corrected chi connectivity index (χ3v) is 3.82. The van der Waals surface area contributed by atoms with E-state index in [9.17, 15) is 4.79 Å². The van der Waals surface area contributed by atoms with Crippen LogP contribution in [0, 0.1) is 17.2 Å². The van der Waals surface area contributed by atoms with Crippen LogP contribution in [0.3, 0.4) is 0 Å². The molecule has 5 nitrogen and oxygen atoms in total. The Labute approximate surface area is 132 Å². The van der Waals surface area contributed by atoms with Crippen molar-refractivity contribution in [2.24, 2.45) is 5.92 Å². The Hall–Kier alpha value is -2.06. The highest BCUT2D eigenvalue weighted by molar-refractivity contribution is 5.89. The second-order valence-corrected chi connectivity index (χ2v) is 6.26. The van der Waals surface area contributed by atoms with E-state index in [1.54, 1.807) is 24.3 Å². The monoisotopic (exact) mass is 300 g/mol. The molecule has 5 heteroatoms. The van der Waals surface area contributed by atoms with Crippen LogP contribution in [0.25, 0.3) is 0 Å². The van der Waals surface area contributed by atoms with Crippen LogP contribution in [0.4, 0.5) is 10.5 Å². The number of rotatable bonds is 4. The lowest BCUT2D eigenvalue weighted by Crippen LogP contribution is -2.46. The van der Waals surface area contributed by atoms with E-state index in [1.165, 1.54) is 0 Å². The Morgan fingerprint density at radius 2 is 1.95 bits per heavy atom. The summed E-state index contributed by atoms with van der Waals surface area (Å²) < 4.78 is 0. The van der Waals surface area contributed by atoms with Crippen molar-refractivity contribution in [1.29, 1.82) is 5.26 Å². The molecular weight excluding hydrogens is 276 g/mol. The molecule has 1 fully saturated rings. The van der Waals surface area contributed by atoms with Gasteiger partial charge in [-0.15, -0.1) is 0 Å². The summed E-state index contributed by atoms with van der Waals surface area (Å²) in [5.74, 6) is 0.684. The van der Waals surface area contributed by atoms with Crippen LogP contribution in [0.1, 0.15) is 32.3 Å². The number of hydrogen-bond donors (Lipinski definition) is 2. The van der Waals surface area contributed by atoms with Crippen molar-refractivity contribution in [2.45, 2.75) is 32.7 Å². The summed E-state index contributed by atoms with van der Waals surface area (Å²) in [6.45, 7) is 7.68. The molecule has 0 unspecified atom stereocenters. The first kappa shape index (κ1) is 16.3. The molecule has 1 aromatic carbocycles. The van der Waals surface area contributed by atoms with Gasteiger partial charge in [-0.25, -0.2) is 4.79 Å². The van der Waals surface area contributed by atoms with E-state index in [2.05, 4.69) is 35.5 Å². The molecule has 1 heterocycles. The topological polar surface area (TPSA) is 68.2 Å². The molecule has 0 aromatic heterocycles. The van der Waals surface area contributed by atoms with Crippen molar-refractivity contribution < 1.29 is 4.79 Å². The fourth-order valence-electron chi connectivity index (χ4n) is 2.76. The Morgan fingerprint density at radius 3 is 2.50 bits per heavy atom. The van der Waals surface area contributed by atoms with Crippen LogP contribution in [0.2, 0.25) is 0 Å². The zero-order valence-corrected chi connectivity index (χ0v) is 13.3. The van der Waals surface area contributed by atoms with E-state index in [1.807, 2.05) is 0 Å². The van der Waals surface area contributed by atoms with Crippen molar-refractivity contribution >= 4 is 11.7 Å². The van der Waals surface area contributed by atoms with Crippen molar-refractivity contribution in [3.63, 3.8) is 0 Å². The van der Waals surface area contributed by atoms with E-state index in [4.69, 9.17) is 5.26 Å². The lowest BCUT2D eigenvalue weighted by Gasteiger charge is -2.33. The molecule has 1 saturated heterocycles. The third kappa shape index (κ3) is 5.05. The van der Waals surface area contributed by atoms with Gasteiger partial charge in [-0.1, -0.05) is 13.8 Å². The van der Waals surface area contributed by atoms with Crippen molar-refractivity contribution in [1.82, 2.24) is 10.2 Å². The maximum atomic E-state index is 12.0. The number of nitriles is 1. The van der Waals surface area contributed by atoms with Gasteiger partial charge in [0.25, 0.3) is 0 Å². The first-order valence-corrected chi connectivity index (χ1v) is 7.87. The molecule has 0 radical (unpaired) electrons. The largest absolute Gasteiger partial charge is 0.335 e. The first-order valence-electron chi connectivity index (χ1n) is 7.87. The Kier molecular flexibility index (Phi) is 5.79. The van der Waals surface area contributed by atoms with Crippen LogP contribution >= 0.6 is 0 Å². The Bertz CT molecular complexity index is 525. The molecule has 1 aliphatic heterocycles. The zero-order chi connectivity index (χ0) is 15.9. The normalized spacial score (nSPS) is 16.3. The first-order chi connectivity index (χ1) is 10.6. The van der Waals surface area contributed by atoms with Crippen molar-refractivity contribution in [3.8, 4) is 6.07 Å². The van der Waals surface area contributed by atoms with Gasteiger partial charge in [0.1, 0.15) is 0 Å². The third-order valence-electron chi connectivity index (χ3n) is 3.82. The van der Waals surface area contributed by atoms with E-state index < -0.39 is 0 Å². The minimum atomic E-state index is -0.174. The molecule has 0 atom stereocenters. The minimum absolute atomic E-state index is 0.174. The average Bonchev–Trinajstić information content (AvgIpc) is 2.49. The molecule has 2 N–H and O–H groups in total. The van der Waals surface area contributed by atoms with Gasteiger partial charge < -0.3 is 15.5 Å². The maximum absolute atomic E-state index is 12.0. The van der Waals surface area contributed by atoms with Crippen LogP contribution in [-0.2, 0) is 0 Å². The van der Waals surface area contributed by atoms with Gasteiger partial charge in [0.2, 0.25) is 0 Å². The van der Waals surface area contributed by atoms with Crippen LogP contribution in [0.5, 0.6) is 0 Å². The highest BCUT2D eigenvalue weighted by Crippen LogP contribution is 2.13. The highest BCUT2D eigenvalue weighted by atomic mass is 16.2. The average molecular weight is 300 g/mol. The predicted molar refractivity (Wildman–Crippen MR) is 87.6 cm³/mol. The summed E-state index contributed by atoms with van der Waals surface area (Å²) in [5.41, 5.74) is 1.29. The van der Waals surface area contributed by atoms with Gasteiger partial charge in [0.15, 0.2) is 0 Å². The summed E-state index contributed by atoms with van der Waals surface area (Å²) >= 11 is 0. The van der Waals surface area contributed by atoms with Crippen molar-refractivity contribution in [3.05, 3.63) is 29.8 Å². The fraction of sp³-hybridized carbons (Fsp3) is 0.529. The van der Waals surface area contributed by atoms with E-state index in [0.717, 1.165) is 32.5 Å². The smallest absolute Gasteiger partial charge is 0.319 e. The molecule has 2 rings (SSSR count). The Morgan fingerprint density at radius 1 is 1.32 bits per heavy atom. The number of carbonyl (C=O) groups is 1. The number of hydrogen-bond acceptors (Lipinski definition) is 3. The summed E-state index contributed by atoms with van der Waals surface area (Å²) in [7, 11) is 0. The number of benzene rings is 1. The number of likely N-dealkylation sites (tertiary alicyclic amines) is 1. The van der Waals surface area contributed by atoms with E-state index >= 15 is 0 Å². The fourth-order valence-corrected chi connectivity index (χ4v) is 2.76. The van der Waals surface area contributed by atoms with Gasteiger partial charge in [-0.3, -0.25) is 0 Å². The van der Waals surface area contributed by atoms with E-state index in [0.29, 0.717) is 17.2 Å². The van der Waals surface area contributed by atoms with Gasteiger partial charge in [0.05, 0.1) is 11.6 Å². The summed E-state index contributed by atoms with van der Waals surface area (Å²) in [6.07, 6.45) is 1.99. The maximum Gasteiger partial charge on any atom is 0.319 e. The molecule has 2 amide bonds. The molecule has 0 aliphatic carbocycles. The number of piperidine rings is 1. The lowest BCUT2D eigenvalue weighted by atomic mass is 10.0. The van der Waals surface area contributed by atoms with Gasteiger partial charge in [-0.2, -0.15) is 5.26 Å². The van der Waals surface area contributed by atoms with Crippen molar-refractivity contribution in [2.75, 3.05) is 25.0 Å². The lowest BCUT2D eigenvalue weighted by molar-refractivity contribution is 0.180. The summed E-state index contributed by atoms with van der Waals surface area (Å²) in [5, 5.41) is 14.6. The van der Waals surface area contributed by atoms with E-state index in [-0.39, 0.29) is 12.1 Å². The quantitative estimate of drug-likeness (QED) is 0.898. The minimum Gasteiger partial charge on any atom is -0.335 e. The molecule has 0 bridgehead atoms. The number of carbonyl (C=O) groups excluding carboxylic acids is 1.